The number of carbonyl (C=O) groups excluding carboxylic acids is 1. The molecule has 0 N–H and O–H groups in total. The van der Waals surface area contributed by atoms with Gasteiger partial charge in [-0.1, -0.05) is 35.5 Å². The number of fused-ring (bicyclic) bond motifs is 2. The number of benzene rings is 2. The molecule has 2 aromatic heterocycles. The van der Waals surface area contributed by atoms with Crippen LogP contribution >= 0.6 is 0 Å². The monoisotopic (exact) mass is 334 g/mol. The van der Waals surface area contributed by atoms with Gasteiger partial charge in [-0.25, -0.2) is 4.79 Å². The van der Waals surface area contributed by atoms with Crippen molar-refractivity contribution in [3.05, 3.63) is 70.6 Å². The molecule has 2 heterocycles. The molecule has 7 nitrogen and oxygen atoms in total. The van der Waals surface area contributed by atoms with Gasteiger partial charge in [0, 0.05) is 24.1 Å². The predicted molar refractivity (Wildman–Crippen MR) is 92.1 cm³/mol. The molecule has 0 fully saturated rings. The van der Waals surface area contributed by atoms with Gasteiger partial charge in [-0.2, -0.15) is 4.68 Å². The van der Waals surface area contributed by atoms with Crippen molar-refractivity contribution in [2.24, 2.45) is 7.05 Å². The van der Waals surface area contributed by atoms with Crippen LogP contribution in [-0.2, 0) is 18.5 Å². The van der Waals surface area contributed by atoms with Crippen LogP contribution < -0.4 is 5.56 Å². The first-order valence-electron chi connectivity index (χ1n) is 7.69. The lowest BCUT2D eigenvalue weighted by Gasteiger charge is -2.06. The molecule has 0 unspecified atom stereocenters. The van der Waals surface area contributed by atoms with Crippen LogP contribution in [0, 0.1) is 0 Å². The van der Waals surface area contributed by atoms with Crippen LogP contribution in [0.25, 0.3) is 21.8 Å². The van der Waals surface area contributed by atoms with Crippen LogP contribution in [0.15, 0.2) is 59.5 Å². The Morgan fingerprint density at radius 3 is 2.64 bits per heavy atom. The number of para-hydroxylation sites is 1. The fourth-order valence-corrected chi connectivity index (χ4v) is 2.81. The first kappa shape index (κ1) is 15.1. The average Bonchev–Trinajstić information content (AvgIpc) is 2.98. The molecular weight excluding hydrogens is 320 g/mol. The van der Waals surface area contributed by atoms with Crippen molar-refractivity contribution < 1.29 is 9.53 Å². The van der Waals surface area contributed by atoms with Crippen LogP contribution in [0.5, 0.6) is 0 Å². The lowest BCUT2D eigenvalue weighted by Crippen LogP contribution is -2.26. The number of aryl methyl sites for hydroxylation is 1. The van der Waals surface area contributed by atoms with Crippen LogP contribution in [-0.4, -0.2) is 25.5 Å². The van der Waals surface area contributed by atoms with E-state index in [0.717, 1.165) is 15.6 Å². The second-order valence-electron chi connectivity index (χ2n) is 5.64. The van der Waals surface area contributed by atoms with Gasteiger partial charge < -0.3 is 9.30 Å². The molecular formula is C18H14N4O3. The molecule has 124 valence electrons. The number of rotatable bonds is 3. The molecule has 7 heteroatoms. The smallest absolute Gasteiger partial charge is 0.342 e. The highest BCUT2D eigenvalue weighted by molar-refractivity contribution is 6.04. The Morgan fingerprint density at radius 2 is 1.80 bits per heavy atom. The Bertz CT molecular complexity index is 1160. The molecule has 2 aromatic carbocycles. The number of esters is 1. The van der Waals surface area contributed by atoms with E-state index in [-0.39, 0.29) is 12.3 Å². The van der Waals surface area contributed by atoms with Crippen LogP contribution in [0.2, 0.25) is 0 Å². The highest BCUT2D eigenvalue weighted by atomic mass is 16.5. The zero-order valence-corrected chi connectivity index (χ0v) is 13.4. The van der Waals surface area contributed by atoms with Gasteiger partial charge >= 0.3 is 5.97 Å². The highest BCUT2D eigenvalue weighted by Crippen LogP contribution is 2.21. The number of ether oxygens (including phenoxy) is 1. The fourth-order valence-electron chi connectivity index (χ4n) is 2.81. The van der Waals surface area contributed by atoms with Crippen LogP contribution in [0.3, 0.4) is 0 Å². The first-order valence-corrected chi connectivity index (χ1v) is 7.69. The maximum Gasteiger partial charge on any atom is 0.342 e. The van der Waals surface area contributed by atoms with Gasteiger partial charge in [-0.3, -0.25) is 4.79 Å². The van der Waals surface area contributed by atoms with Crippen molar-refractivity contribution in [3.8, 4) is 0 Å². The van der Waals surface area contributed by atoms with E-state index >= 15 is 0 Å². The summed E-state index contributed by atoms with van der Waals surface area (Å²) in [5.74, 6) is -0.515. The molecule has 0 radical (unpaired) electrons. The molecule has 0 spiro atoms. The molecule has 0 saturated heterocycles. The standard InChI is InChI=1S/C18H14N4O3/c1-21-10-14(12-6-3-5-9-16(12)21)18(24)25-11-22-17(23)13-7-2-4-8-15(13)19-20-22/h2-10H,11H2,1H3. The van der Waals surface area contributed by atoms with Gasteiger partial charge in [0.1, 0.15) is 5.52 Å². The summed E-state index contributed by atoms with van der Waals surface area (Å²) in [6.45, 7) is -0.293. The van der Waals surface area contributed by atoms with Gasteiger partial charge in [0.05, 0.1) is 10.9 Å². The minimum absolute atomic E-state index is 0.293. The lowest BCUT2D eigenvalue weighted by molar-refractivity contribution is 0.0338. The minimum Gasteiger partial charge on any atom is -0.438 e. The van der Waals surface area contributed by atoms with Crippen molar-refractivity contribution in [2.75, 3.05) is 0 Å². The molecule has 4 aromatic rings. The predicted octanol–water partition coefficient (Wildman–Crippen LogP) is 2.10. The third kappa shape index (κ3) is 2.55. The molecule has 0 amide bonds. The summed E-state index contributed by atoms with van der Waals surface area (Å²) in [5.41, 5.74) is 1.53. The van der Waals surface area contributed by atoms with Gasteiger partial charge in [-0.15, -0.1) is 5.10 Å². The van der Waals surface area contributed by atoms with Crippen molar-refractivity contribution in [2.45, 2.75) is 6.73 Å². The SMILES string of the molecule is Cn1cc(C(=O)OCn2nnc3ccccc3c2=O)c2ccccc21. The van der Waals surface area contributed by atoms with E-state index in [1.165, 1.54) is 0 Å². The van der Waals surface area contributed by atoms with Crippen molar-refractivity contribution >= 4 is 27.8 Å². The zero-order chi connectivity index (χ0) is 17.4. The van der Waals surface area contributed by atoms with Gasteiger partial charge in [-0.05, 0) is 18.2 Å². The molecule has 0 atom stereocenters. The quantitative estimate of drug-likeness (QED) is 0.536. The Kier molecular flexibility index (Phi) is 3.53. The average molecular weight is 334 g/mol. The van der Waals surface area contributed by atoms with Crippen molar-refractivity contribution in [3.63, 3.8) is 0 Å². The second kappa shape index (κ2) is 5.86. The summed E-state index contributed by atoms with van der Waals surface area (Å²) in [7, 11) is 1.86. The van der Waals surface area contributed by atoms with Crippen molar-refractivity contribution in [1.82, 2.24) is 19.6 Å². The Morgan fingerprint density at radius 1 is 1.08 bits per heavy atom. The Balaban J connectivity index is 1.62. The molecule has 25 heavy (non-hydrogen) atoms. The number of nitrogens with zero attached hydrogens (tertiary/aromatic N) is 4. The molecule has 0 saturated carbocycles. The molecule has 0 aliphatic rings. The lowest BCUT2D eigenvalue weighted by atomic mass is 10.2. The van der Waals surface area contributed by atoms with Crippen LogP contribution in [0.4, 0.5) is 0 Å². The van der Waals surface area contributed by atoms with E-state index in [1.807, 2.05) is 35.9 Å². The summed E-state index contributed by atoms with van der Waals surface area (Å²) in [6, 6.07) is 14.4. The molecule has 0 aliphatic carbocycles. The summed E-state index contributed by atoms with van der Waals surface area (Å²) in [4.78, 5) is 24.8. The molecule has 0 aliphatic heterocycles. The Hall–Kier alpha value is -3.48. The number of carbonyl (C=O) groups is 1. The van der Waals surface area contributed by atoms with Gasteiger partial charge in [0.15, 0.2) is 6.73 Å². The molecule has 0 bridgehead atoms. The maximum atomic E-state index is 12.4. The van der Waals surface area contributed by atoms with E-state index in [2.05, 4.69) is 10.3 Å². The van der Waals surface area contributed by atoms with Crippen LogP contribution in [0.1, 0.15) is 10.4 Å². The van der Waals surface area contributed by atoms with E-state index in [1.54, 1.807) is 30.5 Å². The molecule has 4 rings (SSSR count). The van der Waals surface area contributed by atoms with E-state index in [4.69, 9.17) is 4.74 Å². The van der Waals surface area contributed by atoms with Crippen molar-refractivity contribution in [1.29, 1.82) is 0 Å². The van der Waals surface area contributed by atoms with E-state index in [0.29, 0.717) is 16.5 Å². The fraction of sp³-hybridized carbons (Fsp3) is 0.111. The maximum absolute atomic E-state index is 12.4. The summed E-state index contributed by atoms with van der Waals surface area (Å²) in [5, 5.41) is 9.00. The third-order valence-corrected chi connectivity index (χ3v) is 4.06. The minimum atomic E-state index is -0.515. The summed E-state index contributed by atoms with van der Waals surface area (Å²) >= 11 is 0. The number of hydrogen-bond donors (Lipinski definition) is 0. The number of aromatic nitrogens is 4. The third-order valence-electron chi connectivity index (χ3n) is 4.06. The summed E-state index contributed by atoms with van der Waals surface area (Å²) in [6.07, 6.45) is 1.71. The largest absolute Gasteiger partial charge is 0.438 e. The van der Waals surface area contributed by atoms with Gasteiger partial charge in [0.2, 0.25) is 0 Å². The Labute approximate surface area is 142 Å². The number of hydrogen-bond acceptors (Lipinski definition) is 5. The second-order valence-corrected chi connectivity index (χ2v) is 5.64. The first-order chi connectivity index (χ1) is 12.1. The highest BCUT2D eigenvalue weighted by Gasteiger charge is 2.15. The van der Waals surface area contributed by atoms with E-state index < -0.39 is 5.97 Å². The van der Waals surface area contributed by atoms with Gasteiger partial charge in [0.25, 0.3) is 5.56 Å². The van der Waals surface area contributed by atoms with E-state index in [9.17, 15) is 9.59 Å². The zero-order valence-electron chi connectivity index (χ0n) is 13.4. The topological polar surface area (TPSA) is 79.0 Å². The summed E-state index contributed by atoms with van der Waals surface area (Å²) < 4.78 is 8.16. The normalized spacial score (nSPS) is 11.1.